The monoisotopic (exact) mass is 556 g/mol. The van der Waals surface area contributed by atoms with Crippen molar-refractivity contribution in [3.63, 3.8) is 0 Å². The predicted molar refractivity (Wildman–Crippen MR) is 127 cm³/mol. The molecule has 1 aromatic carbocycles. The molecule has 10 heteroatoms. The second kappa shape index (κ2) is 13.1. The molecule has 2 N–H and O–H groups in total. The number of rotatable bonds is 6. The summed E-state index contributed by atoms with van der Waals surface area (Å²) in [5, 5.41) is 6.83. The van der Waals surface area contributed by atoms with Crippen molar-refractivity contribution in [2.45, 2.75) is 19.8 Å². The molecule has 0 atom stereocenters. The van der Waals surface area contributed by atoms with Gasteiger partial charge < -0.3 is 20.3 Å². The summed E-state index contributed by atoms with van der Waals surface area (Å²) in [7, 11) is 1.42. The Hall–Kier alpha value is -1.26. The molecule has 1 aliphatic rings. The molecule has 1 saturated heterocycles. The molecule has 1 aromatic rings. The van der Waals surface area contributed by atoms with Crippen molar-refractivity contribution in [1.82, 2.24) is 15.5 Å². The number of hydrogen-bond acceptors (Lipinski definition) is 4. The molecular weight excluding hydrogens is 530 g/mol. The first-order chi connectivity index (χ1) is 13.5. The standard InChI is InChI=1S/C19H26Cl2N4O3.HI/c1-3-22-19(25-10-6-13(7-11-25)18(27)28-2)24-9-8-23-17(26)14-4-5-15(20)16(21)12-14;/h4-5,12-13H,3,6-11H2,1-2H3,(H,22,24)(H,23,26);1H. The number of hydrogen-bond donors (Lipinski definition) is 2. The van der Waals surface area contributed by atoms with E-state index >= 15 is 0 Å². The van der Waals surface area contributed by atoms with Crippen LogP contribution in [0, 0.1) is 5.92 Å². The van der Waals surface area contributed by atoms with E-state index in [4.69, 9.17) is 27.9 Å². The molecule has 0 spiro atoms. The van der Waals surface area contributed by atoms with Crippen LogP contribution in [0.25, 0.3) is 0 Å². The molecule has 1 aliphatic heterocycles. The Bertz CT molecular complexity index is 725. The zero-order valence-corrected chi connectivity index (χ0v) is 20.4. The molecule has 1 amide bonds. The number of carbonyl (C=O) groups excluding carboxylic acids is 2. The predicted octanol–water partition coefficient (Wildman–Crippen LogP) is 3.19. The molecular formula is C19H27Cl2IN4O3. The topological polar surface area (TPSA) is 83.0 Å². The van der Waals surface area contributed by atoms with Gasteiger partial charge in [0.15, 0.2) is 5.96 Å². The Morgan fingerprint density at radius 2 is 1.90 bits per heavy atom. The highest BCUT2D eigenvalue weighted by Gasteiger charge is 2.26. The van der Waals surface area contributed by atoms with Crippen molar-refractivity contribution < 1.29 is 14.3 Å². The third-order valence-electron chi connectivity index (χ3n) is 4.50. The van der Waals surface area contributed by atoms with Gasteiger partial charge in [0, 0.05) is 31.7 Å². The van der Waals surface area contributed by atoms with Gasteiger partial charge in [-0.15, -0.1) is 24.0 Å². The fraction of sp³-hybridized carbons (Fsp3) is 0.526. The second-order valence-electron chi connectivity index (χ2n) is 6.40. The molecule has 1 heterocycles. The minimum absolute atomic E-state index is 0. The number of guanidine groups is 1. The molecule has 0 aromatic heterocycles. The number of nitrogens with one attached hydrogen (secondary N) is 2. The molecule has 29 heavy (non-hydrogen) atoms. The summed E-state index contributed by atoms with van der Waals surface area (Å²) < 4.78 is 4.83. The van der Waals surface area contributed by atoms with E-state index in [1.54, 1.807) is 12.1 Å². The number of halogens is 3. The molecule has 0 saturated carbocycles. The van der Waals surface area contributed by atoms with Crippen LogP contribution >= 0.6 is 47.2 Å². The summed E-state index contributed by atoms with van der Waals surface area (Å²) in [4.78, 5) is 30.5. The van der Waals surface area contributed by atoms with Gasteiger partial charge in [-0.05, 0) is 38.0 Å². The van der Waals surface area contributed by atoms with Crippen molar-refractivity contribution in [2.75, 3.05) is 39.8 Å². The fourth-order valence-corrected chi connectivity index (χ4v) is 3.29. The lowest BCUT2D eigenvalue weighted by Gasteiger charge is -2.33. The van der Waals surface area contributed by atoms with Crippen molar-refractivity contribution in [2.24, 2.45) is 10.9 Å². The van der Waals surface area contributed by atoms with Gasteiger partial charge in [0.05, 0.1) is 29.6 Å². The van der Waals surface area contributed by atoms with Crippen molar-refractivity contribution in [3.8, 4) is 0 Å². The number of likely N-dealkylation sites (tertiary alicyclic amines) is 1. The number of aliphatic imine (C=N–C) groups is 1. The average molecular weight is 557 g/mol. The van der Waals surface area contributed by atoms with Crippen LogP contribution in [0.2, 0.25) is 10.0 Å². The normalized spacial score (nSPS) is 14.8. The first-order valence-electron chi connectivity index (χ1n) is 9.30. The number of esters is 1. The fourth-order valence-electron chi connectivity index (χ4n) is 2.99. The van der Waals surface area contributed by atoms with Gasteiger partial charge in [-0.2, -0.15) is 0 Å². The van der Waals surface area contributed by atoms with Crippen molar-refractivity contribution >= 4 is 65.0 Å². The van der Waals surface area contributed by atoms with Crippen LogP contribution in [0.4, 0.5) is 0 Å². The Morgan fingerprint density at radius 1 is 1.21 bits per heavy atom. The summed E-state index contributed by atoms with van der Waals surface area (Å²) >= 11 is 11.8. The summed E-state index contributed by atoms with van der Waals surface area (Å²) in [6, 6.07) is 4.76. The number of benzene rings is 1. The summed E-state index contributed by atoms with van der Waals surface area (Å²) in [6.45, 7) is 5.05. The lowest BCUT2D eigenvalue weighted by atomic mass is 9.97. The van der Waals surface area contributed by atoms with Crippen LogP contribution < -0.4 is 10.6 Å². The van der Waals surface area contributed by atoms with Gasteiger partial charge in [-0.1, -0.05) is 23.2 Å². The van der Waals surface area contributed by atoms with Gasteiger partial charge >= 0.3 is 5.97 Å². The van der Waals surface area contributed by atoms with Crippen LogP contribution in [0.1, 0.15) is 30.1 Å². The molecule has 2 rings (SSSR count). The zero-order valence-electron chi connectivity index (χ0n) is 16.5. The maximum atomic E-state index is 12.2. The van der Waals surface area contributed by atoms with Gasteiger partial charge in [-0.25, -0.2) is 0 Å². The van der Waals surface area contributed by atoms with Crippen LogP contribution in [0.3, 0.4) is 0 Å². The molecule has 0 radical (unpaired) electrons. The Morgan fingerprint density at radius 3 is 2.48 bits per heavy atom. The Labute approximate surface area is 198 Å². The smallest absolute Gasteiger partial charge is 0.308 e. The highest BCUT2D eigenvalue weighted by Crippen LogP contribution is 2.22. The van der Waals surface area contributed by atoms with E-state index in [2.05, 4.69) is 20.5 Å². The molecule has 0 bridgehead atoms. The third-order valence-corrected chi connectivity index (χ3v) is 5.24. The summed E-state index contributed by atoms with van der Waals surface area (Å²) in [6.07, 6.45) is 1.48. The lowest BCUT2D eigenvalue weighted by Crippen LogP contribution is -2.47. The van der Waals surface area contributed by atoms with Gasteiger partial charge in [-0.3, -0.25) is 14.6 Å². The third kappa shape index (κ3) is 7.82. The largest absolute Gasteiger partial charge is 0.469 e. The maximum Gasteiger partial charge on any atom is 0.308 e. The number of nitrogens with zero attached hydrogens (tertiary/aromatic N) is 2. The van der Waals surface area contributed by atoms with E-state index in [-0.39, 0.29) is 41.8 Å². The number of piperidine rings is 1. The van der Waals surface area contributed by atoms with Gasteiger partial charge in [0.2, 0.25) is 0 Å². The quantitative estimate of drug-likeness (QED) is 0.185. The van der Waals surface area contributed by atoms with E-state index in [9.17, 15) is 9.59 Å². The van der Waals surface area contributed by atoms with Crippen LogP contribution in [-0.2, 0) is 9.53 Å². The Kier molecular flexibility index (Phi) is 11.7. The molecule has 1 fully saturated rings. The molecule has 0 aliphatic carbocycles. The van der Waals surface area contributed by atoms with E-state index in [1.165, 1.54) is 13.2 Å². The van der Waals surface area contributed by atoms with Gasteiger partial charge in [0.25, 0.3) is 5.91 Å². The van der Waals surface area contributed by atoms with Gasteiger partial charge in [0.1, 0.15) is 0 Å². The van der Waals surface area contributed by atoms with E-state index in [1.807, 2.05) is 6.92 Å². The first-order valence-corrected chi connectivity index (χ1v) is 10.1. The van der Waals surface area contributed by atoms with Crippen LogP contribution in [0.15, 0.2) is 23.2 Å². The number of ether oxygens (including phenoxy) is 1. The minimum Gasteiger partial charge on any atom is -0.469 e. The van der Waals surface area contributed by atoms with Crippen molar-refractivity contribution in [3.05, 3.63) is 33.8 Å². The summed E-state index contributed by atoms with van der Waals surface area (Å²) in [5.41, 5.74) is 0.454. The number of carbonyl (C=O) groups is 2. The van der Waals surface area contributed by atoms with Crippen LogP contribution in [-0.4, -0.2) is 62.6 Å². The minimum atomic E-state index is -0.224. The molecule has 7 nitrogen and oxygen atoms in total. The second-order valence-corrected chi connectivity index (χ2v) is 7.22. The SMILES string of the molecule is CCNC(=NCCNC(=O)c1ccc(Cl)c(Cl)c1)N1CCC(C(=O)OC)CC1.I. The summed E-state index contributed by atoms with van der Waals surface area (Å²) in [5.74, 6) is 0.369. The molecule has 0 unspecified atom stereocenters. The first kappa shape index (κ1) is 25.8. The highest BCUT2D eigenvalue weighted by atomic mass is 127. The number of amides is 1. The molecule has 162 valence electrons. The Balaban J connectivity index is 0.00000420. The van der Waals surface area contributed by atoms with E-state index < -0.39 is 0 Å². The lowest BCUT2D eigenvalue weighted by molar-refractivity contribution is -0.146. The average Bonchev–Trinajstić information content (AvgIpc) is 2.71. The highest BCUT2D eigenvalue weighted by molar-refractivity contribution is 14.0. The van der Waals surface area contributed by atoms with E-state index in [0.717, 1.165) is 38.4 Å². The van der Waals surface area contributed by atoms with Crippen LogP contribution in [0.5, 0.6) is 0 Å². The number of methoxy groups -OCH3 is 1. The van der Waals surface area contributed by atoms with Crippen molar-refractivity contribution in [1.29, 1.82) is 0 Å². The zero-order chi connectivity index (χ0) is 20.5. The maximum absolute atomic E-state index is 12.2. The van der Waals surface area contributed by atoms with E-state index in [0.29, 0.717) is 28.7 Å².